The van der Waals surface area contributed by atoms with Gasteiger partial charge in [-0.25, -0.2) is 4.98 Å². The molecule has 0 bridgehead atoms. The van der Waals surface area contributed by atoms with Gasteiger partial charge in [0, 0.05) is 18.2 Å². The Labute approximate surface area is 99.0 Å². The molecule has 0 aliphatic carbocycles. The first kappa shape index (κ1) is 10.1. The Morgan fingerprint density at radius 1 is 1.50 bits per heavy atom. The van der Waals surface area contributed by atoms with Crippen LogP contribution in [0, 0.1) is 6.92 Å². The Morgan fingerprint density at radius 3 is 3.12 bits per heavy atom. The topological polar surface area (TPSA) is 26.5 Å². The van der Waals surface area contributed by atoms with Crippen molar-refractivity contribution in [2.24, 2.45) is 0 Å². The van der Waals surface area contributed by atoms with E-state index in [4.69, 9.17) is 16.3 Å². The molecule has 0 saturated carbocycles. The third-order valence-corrected chi connectivity index (χ3v) is 3.41. The summed E-state index contributed by atoms with van der Waals surface area (Å²) in [5.74, 6) is 1.41. The van der Waals surface area contributed by atoms with Crippen molar-refractivity contribution in [2.45, 2.75) is 19.3 Å². The van der Waals surface area contributed by atoms with Crippen LogP contribution in [0.3, 0.4) is 0 Å². The Balaban J connectivity index is 2.24. The monoisotopic (exact) mass is 236 g/mol. The number of pyridine rings is 1. The second kappa shape index (κ2) is 3.75. The quantitative estimate of drug-likeness (QED) is 0.761. The molecule has 84 valence electrons. The lowest BCUT2D eigenvalue weighted by atomic mass is 10.1. The molecular formula is C12H13ClN2O. The SMILES string of the molecule is Cc1cccc2c(Cl)nc(C3CCOC3)n12. The average Bonchev–Trinajstić information content (AvgIpc) is 2.87. The van der Waals surface area contributed by atoms with Crippen molar-refractivity contribution in [2.75, 3.05) is 13.2 Å². The number of imidazole rings is 1. The largest absolute Gasteiger partial charge is 0.381 e. The molecule has 0 amide bonds. The van der Waals surface area contributed by atoms with E-state index in [0.717, 1.165) is 31.0 Å². The lowest BCUT2D eigenvalue weighted by Crippen LogP contribution is -2.05. The van der Waals surface area contributed by atoms with Crippen LogP contribution in [-0.4, -0.2) is 22.6 Å². The van der Waals surface area contributed by atoms with E-state index in [1.807, 2.05) is 12.1 Å². The minimum atomic E-state index is 0.376. The molecule has 4 heteroatoms. The highest BCUT2D eigenvalue weighted by atomic mass is 35.5. The highest BCUT2D eigenvalue weighted by molar-refractivity contribution is 6.32. The highest BCUT2D eigenvalue weighted by Gasteiger charge is 2.24. The second-order valence-electron chi connectivity index (χ2n) is 4.21. The van der Waals surface area contributed by atoms with Crippen molar-refractivity contribution >= 4 is 17.1 Å². The van der Waals surface area contributed by atoms with E-state index in [1.165, 1.54) is 5.69 Å². The maximum absolute atomic E-state index is 6.16. The first-order valence-electron chi connectivity index (χ1n) is 5.48. The van der Waals surface area contributed by atoms with Crippen LogP contribution in [0.2, 0.25) is 5.15 Å². The van der Waals surface area contributed by atoms with Crippen molar-refractivity contribution in [1.82, 2.24) is 9.38 Å². The van der Waals surface area contributed by atoms with E-state index in [-0.39, 0.29) is 0 Å². The summed E-state index contributed by atoms with van der Waals surface area (Å²) in [4.78, 5) is 4.48. The molecule has 3 rings (SSSR count). The van der Waals surface area contributed by atoms with E-state index in [2.05, 4.69) is 22.4 Å². The zero-order chi connectivity index (χ0) is 11.1. The van der Waals surface area contributed by atoms with Gasteiger partial charge in [-0.05, 0) is 25.5 Å². The van der Waals surface area contributed by atoms with Gasteiger partial charge in [-0.3, -0.25) is 4.40 Å². The molecule has 3 nitrogen and oxygen atoms in total. The van der Waals surface area contributed by atoms with Crippen LogP contribution in [0.15, 0.2) is 18.2 Å². The summed E-state index contributed by atoms with van der Waals surface area (Å²) in [7, 11) is 0. The van der Waals surface area contributed by atoms with E-state index in [9.17, 15) is 0 Å². The number of nitrogens with zero attached hydrogens (tertiary/aromatic N) is 2. The van der Waals surface area contributed by atoms with Crippen LogP contribution in [0.1, 0.15) is 23.9 Å². The fourth-order valence-corrected chi connectivity index (χ4v) is 2.54. The van der Waals surface area contributed by atoms with Gasteiger partial charge in [0.25, 0.3) is 0 Å². The maximum Gasteiger partial charge on any atom is 0.155 e. The molecule has 3 heterocycles. The van der Waals surface area contributed by atoms with Crippen molar-refractivity contribution in [3.8, 4) is 0 Å². The molecule has 16 heavy (non-hydrogen) atoms. The molecule has 1 unspecified atom stereocenters. The summed E-state index contributed by atoms with van der Waals surface area (Å²) in [5, 5.41) is 0.589. The fraction of sp³-hybridized carbons (Fsp3) is 0.417. The zero-order valence-electron chi connectivity index (χ0n) is 9.11. The number of ether oxygens (including phenoxy) is 1. The third-order valence-electron chi connectivity index (χ3n) is 3.13. The Morgan fingerprint density at radius 2 is 2.38 bits per heavy atom. The second-order valence-corrected chi connectivity index (χ2v) is 4.57. The fourth-order valence-electron chi connectivity index (χ4n) is 2.30. The zero-order valence-corrected chi connectivity index (χ0v) is 9.87. The predicted molar refractivity (Wildman–Crippen MR) is 63.1 cm³/mol. The smallest absolute Gasteiger partial charge is 0.155 e. The van der Waals surface area contributed by atoms with Crippen LogP contribution in [-0.2, 0) is 4.74 Å². The molecule has 0 N–H and O–H groups in total. The summed E-state index contributed by atoms with van der Waals surface area (Å²) in [6.07, 6.45) is 1.03. The van der Waals surface area contributed by atoms with Gasteiger partial charge in [-0.2, -0.15) is 0 Å². The minimum absolute atomic E-state index is 0.376. The molecule has 1 atom stereocenters. The molecule has 1 aliphatic rings. The van der Waals surface area contributed by atoms with Gasteiger partial charge in [-0.1, -0.05) is 17.7 Å². The molecule has 0 aromatic carbocycles. The van der Waals surface area contributed by atoms with E-state index in [0.29, 0.717) is 11.1 Å². The summed E-state index contributed by atoms with van der Waals surface area (Å²) >= 11 is 6.16. The van der Waals surface area contributed by atoms with Gasteiger partial charge in [0.05, 0.1) is 12.1 Å². The van der Waals surface area contributed by atoms with Crippen LogP contribution >= 0.6 is 11.6 Å². The highest BCUT2D eigenvalue weighted by Crippen LogP contribution is 2.29. The molecule has 1 fully saturated rings. The summed E-state index contributed by atoms with van der Waals surface area (Å²) in [5.41, 5.74) is 2.15. The van der Waals surface area contributed by atoms with E-state index in [1.54, 1.807) is 0 Å². The van der Waals surface area contributed by atoms with Crippen molar-refractivity contribution in [1.29, 1.82) is 0 Å². The standard InChI is InChI=1S/C12H13ClN2O/c1-8-3-2-4-10-11(13)14-12(15(8)10)9-5-6-16-7-9/h2-4,9H,5-7H2,1H3. The molecule has 0 spiro atoms. The lowest BCUT2D eigenvalue weighted by molar-refractivity contribution is 0.193. The normalized spacial score (nSPS) is 20.8. The molecule has 2 aromatic heterocycles. The van der Waals surface area contributed by atoms with Crippen molar-refractivity contribution < 1.29 is 4.74 Å². The first-order chi connectivity index (χ1) is 7.77. The van der Waals surface area contributed by atoms with E-state index < -0.39 is 0 Å². The lowest BCUT2D eigenvalue weighted by Gasteiger charge is -2.08. The van der Waals surface area contributed by atoms with Crippen LogP contribution < -0.4 is 0 Å². The minimum Gasteiger partial charge on any atom is -0.381 e. The summed E-state index contributed by atoms with van der Waals surface area (Å²) < 4.78 is 7.55. The van der Waals surface area contributed by atoms with Crippen molar-refractivity contribution in [3.63, 3.8) is 0 Å². The number of fused-ring (bicyclic) bond motifs is 1. The van der Waals surface area contributed by atoms with Gasteiger partial charge in [0.2, 0.25) is 0 Å². The summed E-state index contributed by atoms with van der Waals surface area (Å²) in [6, 6.07) is 6.08. The number of aromatic nitrogens is 2. The molecular weight excluding hydrogens is 224 g/mol. The van der Waals surface area contributed by atoms with Crippen molar-refractivity contribution in [3.05, 3.63) is 34.9 Å². The Kier molecular flexibility index (Phi) is 2.37. The van der Waals surface area contributed by atoms with Gasteiger partial charge in [-0.15, -0.1) is 0 Å². The van der Waals surface area contributed by atoms with Crippen LogP contribution in [0.5, 0.6) is 0 Å². The Hall–Kier alpha value is -1.06. The first-order valence-corrected chi connectivity index (χ1v) is 5.86. The van der Waals surface area contributed by atoms with Gasteiger partial charge >= 0.3 is 0 Å². The molecule has 2 aromatic rings. The van der Waals surface area contributed by atoms with Crippen LogP contribution in [0.4, 0.5) is 0 Å². The van der Waals surface area contributed by atoms with Gasteiger partial charge < -0.3 is 4.74 Å². The number of hydrogen-bond donors (Lipinski definition) is 0. The predicted octanol–water partition coefficient (Wildman–Crippen LogP) is 2.80. The third kappa shape index (κ3) is 1.43. The summed E-state index contributed by atoms with van der Waals surface area (Å²) in [6.45, 7) is 3.65. The molecule has 1 saturated heterocycles. The van der Waals surface area contributed by atoms with E-state index >= 15 is 0 Å². The molecule has 0 radical (unpaired) electrons. The van der Waals surface area contributed by atoms with Gasteiger partial charge in [0.1, 0.15) is 5.82 Å². The number of halogens is 1. The van der Waals surface area contributed by atoms with Gasteiger partial charge in [0.15, 0.2) is 5.15 Å². The number of aryl methyl sites for hydroxylation is 1. The molecule has 1 aliphatic heterocycles. The van der Waals surface area contributed by atoms with Crippen LogP contribution in [0.25, 0.3) is 5.52 Å². The number of hydrogen-bond acceptors (Lipinski definition) is 2. The average molecular weight is 237 g/mol. The number of rotatable bonds is 1. The maximum atomic E-state index is 6.16. The Bertz CT molecular complexity index is 529.